The van der Waals surface area contributed by atoms with Crippen LogP contribution >= 0.6 is 0 Å². The monoisotopic (exact) mass is 179 g/mol. The van der Waals surface area contributed by atoms with Gasteiger partial charge in [-0.25, -0.2) is 0 Å². The molecule has 1 unspecified atom stereocenters. The molecule has 0 bridgehead atoms. The molecule has 1 aliphatic heterocycles. The van der Waals surface area contributed by atoms with E-state index in [-0.39, 0.29) is 0 Å². The fraction of sp³-hybridized carbons (Fsp3) is 1.00. The van der Waals surface area contributed by atoms with Gasteiger partial charge in [-0.15, -0.1) is 0 Å². The standard InChI is InChI=1S/C6H13NO5/c7-3-5(10)4(9)2(1-8)12-6(3)11/h2-6,8-11H,1,7H2/t2-,3-,4+,5+,6?/m0/s1. The Kier molecular flexibility index (Phi) is 2.99. The molecule has 72 valence electrons. The third kappa shape index (κ3) is 1.58. The molecule has 0 saturated carbocycles. The summed E-state index contributed by atoms with van der Waals surface area (Å²) in [4.78, 5) is 0. The number of hydrogen-bond acceptors (Lipinski definition) is 6. The lowest BCUT2D eigenvalue weighted by atomic mass is 9.98. The molecule has 6 nitrogen and oxygen atoms in total. The van der Waals surface area contributed by atoms with Crippen LogP contribution in [0.2, 0.25) is 0 Å². The van der Waals surface area contributed by atoms with Crippen LogP contribution in [0, 0.1) is 0 Å². The van der Waals surface area contributed by atoms with Crippen molar-refractivity contribution in [3.63, 3.8) is 0 Å². The average Bonchev–Trinajstić information content (AvgIpc) is 2.08. The van der Waals surface area contributed by atoms with E-state index in [1.807, 2.05) is 0 Å². The van der Waals surface area contributed by atoms with Crippen LogP contribution < -0.4 is 5.73 Å². The van der Waals surface area contributed by atoms with E-state index >= 15 is 0 Å². The first-order valence-corrected chi connectivity index (χ1v) is 3.64. The SMILES string of the molecule is N[C@@H]1C(O)O[C@@H](CO)[C@@H](O)[C@@H]1O. The molecule has 6 N–H and O–H groups in total. The van der Waals surface area contributed by atoms with E-state index in [1.54, 1.807) is 0 Å². The Morgan fingerprint density at radius 3 is 2.25 bits per heavy atom. The van der Waals surface area contributed by atoms with Gasteiger partial charge in [0.25, 0.3) is 0 Å². The van der Waals surface area contributed by atoms with Crippen LogP contribution in [0.15, 0.2) is 0 Å². The Morgan fingerprint density at radius 2 is 1.75 bits per heavy atom. The largest absolute Gasteiger partial charge is 0.394 e. The van der Waals surface area contributed by atoms with Crippen molar-refractivity contribution < 1.29 is 25.2 Å². The van der Waals surface area contributed by atoms with Crippen LogP contribution in [-0.2, 0) is 4.74 Å². The number of aliphatic hydroxyl groups excluding tert-OH is 4. The highest BCUT2D eigenvalue weighted by Crippen LogP contribution is 2.17. The summed E-state index contributed by atoms with van der Waals surface area (Å²) in [6.07, 6.45) is -4.85. The quantitative estimate of drug-likeness (QED) is 0.288. The zero-order valence-corrected chi connectivity index (χ0v) is 6.37. The summed E-state index contributed by atoms with van der Waals surface area (Å²) in [6, 6.07) is -1.04. The van der Waals surface area contributed by atoms with Gasteiger partial charge in [0.2, 0.25) is 0 Å². The van der Waals surface area contributed by atoms with Crippen LogP contribution in [0.5, 0.6) is 0 Å². The van der Waals surface area contributed by atoms with Crippen LogP contribution in [-0.4, -0.2) is 57.7 Å². The second-order valence-corrected chi connectivity index (χ2v) is 2.81. The maximum Gasteiger partial charge on any atom is 0.173 e. The lowest BCUT2D eigenvalue weighted by molar-refractivity contribution is -0.248. The van der Waals surface area contributed by atoms with Gasteiger partial charge in [-0.2, -0.15) is 0 Å². The molecule has 0 amide bonds. The molecule has 0 aromatic carbocycles. The summed E-state index contributed by atoms with van der Waals surface area (Å²) < 4.78 is 4.70. The molecule has 0 aromatic heterocycles. The molecule has 1 heterocycles. The fourth-order valence-electron chi connectivity index (χ4n) is 1.12. The molecule has 1 rings (SSSR count). The van der Waals surface area contributed by atoms with E-state index in [1.165, 1.54) is 0 Å². The summed E-state index contributed by atoms with van der Waals surface area (Å²) >= 11 is 0. The Bertz CT molecular complexity index is 150. The van der Waals surface area contributed by atoms with Gasteiger partial charge in [-0.05, 0) is 0 Å². The number of hydrogen-bond donors (Lipinski definition) is 5. The van der Waals surface area contributed by atoms with E-state index in [4.69, 9.17) is 20.7 Å². The number of aliphatic hydroxyl groups is 4. The highest BCUT2D eigenvalue weighted by atomic mass is 16.6. The third-order valence-electron chi connectivity index (χ3n) is 1.95. The van der Waals surface area contributed by atoms with E-state index in [9.17, 15) is 10.2 Å². The Hall–Kier alpha value is -0.240. The topological polar surface area (TPSA) is 116 Å². The van der Waals surface area contributed by atoms with Gasteiger partial charge in [0, 0.05) is 0 Å². The summed E-state index contributed by atoms with van der Waals surface area (Å²) in [5.74, 6) is 0. The van der Waals surface area contributed by atoms with Gasteiger partial charge in [0.05, 0.1) is 12.6 Å². The lowest BCUT2D eigenvalue weighted by Gasteiger charge is -2.38. The molecule has 0 aliphatic carbocycles. The molecule has 12 heavy (non-hydrogen) atoms. The van der Waals surface area contributed by atoms with Crippen LogP contribution in [0.25, 0.3) is 0 Å². The smallest absolute Gasteiger partial charge is 0.173 e. The molecule has 0 radical (unpaired) electrons. The molecule has 0 aromatic rings. The van der Waals surface area contributed by atoms with Gasteiger partial charge in [0.15, 0.2) is 6.29 Å². The Balaban J connectivity index is 2.63. The first kappa shape index (κ1) is 9.85. The van der Waals surface area contributed by atoms with E-state index in [2.05, 4.69) is 0 Å². The summed E-state index contributed by atoms with van der Waals surface area (Å²) in [6.45, 7) is -0.470. The van der Waals surface area contributed by atoms with Gasteiger partial charge < -0.3 is 30.9 Å². The van der Waals surface area contributed by atoms with Crippen molar-refractivity contribution in [2.24, 2.45) is 5.73 Å². The predicted octanol–water partition coefficient (Wildman–Crippen LogP) is -3.25. The van der Waals surface area contributed by atoms with E-state index in [0.29, 0.717) is 0 Å². The van der Waals surface area contributed by atoms with Crippen molar-refractivity contribution in [3.8, 4) is 0 Å². The van der Waals surface area contributed by atoms with Crippen molar-refractivity contribution in [2.45, 2.75) is 30.6 Å². The first-order chi connectivity index (χ1) is 5.57. The summed E-state index contributed by atoms with van der Waals surface area (Å²) in [5, 5.41) is 36.1. The van der Waals surface area contributed by atoms with E-state index in [0.717, 1.165) is 0 Å². The number of rotatable bonds is 1. The van der Waals surface area contributed by atoms with Gasteiger partial charge in [-0.3, -0.25) is 0 Å². The van der Waals surface area contributed by atoms with E-state index < -0.39 is 37.3 Å². The van der Waals surface area contributed by atoms with Crippen LogP contribution in [0.4, 0.5) is 0 Å². The van der Waals surface area contributed by atoms with Gasteiger partial charge in [0.1, 0.15) is 18.3 Å². The number of nitrogens with two attached hydrogens (primary N) is 1. The van der Waals surface area contributed by atoms with Crippen LogP contribution in [0.3, 0.4) is 0 Å². The normalized spacial score (nSPS) is 49.2. The molecular formula is C6H13NO5. The Morgan fingerprint density at radius 1 is 1.17 bits per heavy atom. The van der Waals surface area contributed by atoms with Gasteiger partial charge in [-0.1, -0.05) is 0 Å². The number of ether oxygens (including phenoxy) is 1. The molecule has 0 spiro atoms. The summed E-state index contributed by atoms with van der Waals surface area (Å²) in [7, 11) is 0. The highest BCUT2D eigenvalue weighted by molar-refractivity contribution is 4.90. The average molecular weight is 179 g/mol. The van der Waals surface area contributed by atoms with Crippen molar-refractivity contribution >= 4 is 0 Å². The highest BCUT2D eigenvalue weighted by Gasteiger charge is 2.41. The molecule has 1 fully saturated rings. The first-order valence-electron chi connectivity index (χ1n) is 3.64. The zero-order valence-electron chi connectivity index (χ0n) is 6.37. The maximum absolute atomic E-state index is 9.20. The second-order valence-electron chi connectivity index (χ2n) is 2.81. The minimum atomic E-state index is -1.35. The second kappa shape index (κ2) is 3.65. The maximum atomic E-state index is 9.20. The Labute approximate surface area is 69.2 Å². The molecule has 1 saturated heterocycles. The lowest BCUT2D eigenvalue weighted by Crippen LogP contribution is -2.61. The molecular weight excluding hydrogens is 166 g/mol. The molecule has 6 heteroatoms. The van der Waals surface area contributed by atoms with Crippen LogP contribution in [0.1, 0.15) is 0 Å². The molecule has 1 aliphatic rings. The van der Waals surface area contributed by atoms with Crippen molar-refractivity contribution in [3.05, 3.63) is 0 Å². The van der Waals surface area contributed by atoms with Crippen molar-refractivity contribution in [1.82, 2.24) is 0 Å². The summed E-state index contributed by atoms with van der Waals surface area (Å²) in [5.41, 5.74) is 5.26. The predicted molar refractivity (Wildman–Crippen MR) is 38.0 cm³/mol. The minimum Gasteiger partial charge on any atom is -0.394 e. The fourth-order valence-corrected chi connectivity index (χ4v) is 1.12. The van der Waals surface area contributed by atoms with Gasteiger partial charge >= 0.3 is 0 Å². The molecule has 5 atom stereocenters. The third-order valence-corrected chi connectivity index (χ3v) is 1.95. The van der Waals surface area contributed by atoms with Crippen molar-refractivity contribution in [2.75, 3.05) is 6.61 Å². The zero-order chi connectivity index (χ0) is 9.30. The minimum absolute atomic E-state index is 0.470. The van der Waals surface area contributed by atoms with Crippen molar-refractivity contribution in [1.29, 1.82) is 0 Å².